The first-order valence-corrected chi connectivity index (χ1v) is 5.49. The molecule has 2 aliphatic rings. The van der Waals surface area contributed by atoms with Crippen molar-refractivity contribution in [1.82, 2.24) is 0 Å². The standard InChI is InChI=1S/C13H16O2/c1-3-4-9-10-5-6-12(15)13(10,2)8-7-11(9)14/h3H,1,4-8H2,2H3/t13-/m0/s1. The second-order valence-corrected chi connectivity index (χ2v) is 4.63. The van der Waals surface area contributed by atoms with Crippen molar-refractivity contribution >= 4 is 11.6 Å². The van der Waals surface area contributed by atoms with E-state index in [4.69, 9.17) is 0 Å². The quantitative estimate of drug-likeness (QED) is 0.648. The fourth-order valence-corrected chi connectivity index (χ4v) is 2.80. The van der Waals surface area contributed by atoms with Crippen LogP contribution in [0.25, 0.3) is 0 Å². The third-order valence-corrected chi connectivity index (χ3v) is 3.78. The van der Waals surface area contributed by atoms with E-state index in [0.717, 1.165) is 17.6 Å². The first-order valence-electron chi connectivity index (χ1n) is 5.49. The Balaban J connectivity index is 2.50. The number of rotatable bonds is 2. The van der Waals surface area contributed by atoms with Crippen LogP contribution in [0.2, 0.25) is 0 Å². The molecule has 0 aromatic carbocycles. The molecule has 0 N–H and O–H groups in total. The van der Waals surface area contributed by atoms with Gasteiger partial charge in [0.1, 0.15) is 5.78 Å². The summed E-state index contributed by atoms with van der Waals surface area (Å²) in [6.45, 7) is 5.67. The second kappa shape index (κ2) is 3.44. The lowest BCUT2D eigenvalue weighted by atomic mass is 9.71. The Morgan fingerprint density at radius 3 is 2.73 bits per heavy atom. The highest BCUT2D eigenvalue weighted by Crippen LogP contribution is 2.48. The second-order valence-electron chi connectivity index (χ2n) is 4.63. The Morgan fingerprint density at radius 2 is 2.07 bits per heavy atom. The third-order valence-electron chi connectivity index (χ3n) is 3.78. The average molecular weight is 204 g/mol. The minimum absolute atomic E-state index is 0.220. The van der Waals surface area contributed by atoms with E-state index in [9.17, 15) is 9.59 Å². The molecule has 1 atom stereocenters. The van der Waals surface area contributed by atoms with E-state index in [1.54, 1.807) is 6.08 Å². The normalized spacial score (nSPS) is 30.7. The maximum atomic E-state index is 11.8. The van der Waals surface area contributed by atoms with Gasteiger partial charge in [0, 0.05) is 18.3 Å². The highest BCUT2D eigenvalue weighted by molar-refractivity contribution is 6.03. The number of ketones is 2. The van der Waals surface area contributed by atoms with Gasteiger partial charge in [0.2, 0.25) is 0 Å². The van der Waals surface area contributed by atoms with E-state index < -0.39 is 0 Å². The maximum Gasteiger partial charge on any atom is 0.159 e. The molecular weight excluding hydrogens is 188 g/mol. The fraction of sp³-hybridized carbons (Fsp3) is 0.538. The molecular formula is C13H16O2. The van der Waals surface area contributed by atoms with Gasteiger partial charge >= 0.3 is 0 Å². The van der Waals surface area contributed by atoms with Crippen LogP contribution in [0.1, 0.15) is 39.0 Å². The Bertz CT molecular complexity index is 376. The zero-order valence-corrected chi connectivity index (χ0v) is 9.14. The summed E-state index contributed by atoms with van der Waals surface area (Å²) in [5, 5.41) is 0. The topological polar surface area (TPSA) is 34.1 Å². The lowest BCUT2D eigenvalue weighted by molar-refractivity contribution is -0.125. The highest BCUT2D eigenvalue weighted by atomic mass is 16.1. The molecule has 0 bridgehead atoms. The minimum atomic E-state index is -0.327. The summed E-state index contributed by atoms with van der Waals surface area (Å²) in [5.41, 5.74) is 1.64. The summed E-state index contributed by atoms with van der Waals surface area (Å²) >= 11 is 0. The Morgan fingerprint density at radius 1 is 1.33 bits per heavy atom. The molecule has 0 aromatic rings. The molecule has 80 valence electrons. The van der Waals surface area contributed by atoms with Crippen molar-refractivity contribution in [3.05, 3.63) is 23.8 Å². The van der Waals surface area contributed by atoms with E-state index in [1.807, 2.05) is 6.92 Å². The van der Waals surface area contributed by atoms with Gasteiger partial charge in [-0.05, 0) is 37.3 Å². The predicted octanol–water partition coefficient (Wildman–Crippen LogP) is 2.59. The smallest absolute Gasteiger partial charge is 0.159 e. The van der Waals surface area contributed by atoms with Crippen molar-refractivity contribution in [3.8, 4) is 0 Å². The van der Waals surface area contributed by atoms with Gasteiger partial charge in [0.05, 0.1) is 0 Å². The van der Waals surface area contributed by atoms with Crippen molar-refractivity contribution in [1.29, 1.82) is 0 Å². The van der Waals surface area contributed by atoms with Gasteiger partial charge in [0.25, 0.3) is 0 Å². The van der Waals surface area contributed by atoms with Crippen LogP contribution in [0, 0.1) is 5.41 Å². The maximum absolute atomic E-state index is 11.8. The number of carbonyl (C=O) groups is 2. The van der Waals surface area contributed by atoms with Crippen LogP contribution in [0.3, 0.4) is 0 Å². The van der Waals surface area contributed by atoms with E-state index in [0.29, 0.717) is 31.5 Å². The van der Waals surface area contributed by atoms with Crippen LogP contribution in [-0.4, -0.2) is 11.6 Å². The van der Waals surface area contributed by atoms with Crippen molar-refractivity contribution < 1.29 is 9.59 Å². The molecule has 0 spiro atoms. The van der Waals surface area contributed by atoms with Crippen molar-refractivity contribution in [3.63, 3.8) is 0 Å². The summed E-state index contributed by atoms with van der Waals surface area (Å²) in [6.07, 6.45) is 5.01. The van der Waals surface area contributed by atoms with Gasteiger partial charge < -0.3 is 0 Å². The molecule has 2 nitrogen and oxygen atoms in total. The molecule has 1 saturated carbocycles. The van der Waals surface area contributed by atoms with E-state index in [2.05, 4.69) is 6.58 Å². The van der Waals surface area contributed by atoms with E-state index >= 15 is 0 Å². The summed E-state index contributed by atoms with van der Waals surface area (Å²) in [5.74, 6) is 0.531. The molecule has 15 heavy (non-hydrogen) atoms. The molecule has 2 rings (SSSR count). The summed E-state index contributed by atoms with van der Waals surface area (Å²) in [7, 11) is 0. The Labute approximate surface area is 90.1 Å². The fourth-order valence-electron chi connectivity index (χ4n) is 2.80. The van der Waals surface area contributed by atoms with Crippen molar-refractivity contribution in [2.75, 3.05) is 0 Å². The van der Waals surface area contributed by atoms with Crippen LogP contribution < -0.4 is 0 Å². The van der Waals surface area contributed by atoms with Gasteiger partial charge in [-0.25, -0.2) is 0 Å². The van der Waals surface area contributed by atoms with E-state index in [-0.39, 0.29) is 11.2 Å². The molecule has 0 aromatic heterocycles. The zero-order valence-electron chi connectivity index (χ0n) is 9.14. The first-order chi connectivity index (χ1) is 7.09. The summed E-state index contributed by atoms with van der Waals surface area (Å²) in [6, 6.07) is 0. The molecule has 1 fully saturated rings. The molecule has 0 heterocycles. The largest absolute Gasteiger partial charge is 0.299 e. The minimum Gasteiger partial charge on any atom is -0.299 e. The van der Waals surface area contributed by atoms with Crippen LogP contribution in [0.4, 0.5) is 0 Å². The molecule has 0 unspecified atom stereocenters. The lowest BCUT2D eigenvalue weighted by Gasteiger charge is -2.30. The number of allylic oxidation sites excluding steroid dienone is 3. The van der Waals surface area contributed by atoms with Crippen LogP contribution >= 0.6 is 0 Å². The molecule has 2 heteroatoms. The lowest BCUT2D eigenvalue weighted by Crippen LogP contribution is -2.30. The van der Waals surface area contributed by atoms with Gasteiger partial charge in [-0.3, -0.25) is 9.59 Å². The van der Waals surface area contributed by atoms with Crippen LogP contribution in [0.15, 0.2) is 23.8 Å². The first kappa shape index (κ1) is 10.3. The van der Waals surface area contributed by atoms with E-state index in [1.165, 1.54) is 0 Å². The monoisotopic (exact) mass is 204 g/mol. The molecule has 0 saturated heterocycles. The van der Waals surface area contributed by atoms with Gasteiger partial charge in [-0.2, -0.15) is 0 Å². The van der Waals surface area contributed by atoms with Crippen molar-refractivity contribution in [2.24, 2.45) is 5.41 Å². The summed E-state index contributed by atoms with van der Waals surface area (Å²) in [4.78, 5) is 23.6. The van der Waals surface area contributed by atoms with Gasteiger partial charge in [-0.1, -0.05) is 6.08 Å². The SMILES string of the molecule is C=CCC1=C2CCC(=O)[C@@]2(C)CCC1=O. The average Bonchev–Trinajstić information content (AvgIpc) is 2.50. The molecule has 2 aliphatic carbocycles. The third kappa shape index (κ3) is 1.39. The van der Waals surface area contributed by atoms with Crippen LogP contribution in [-0.2, 0) is 9.59 Å². The Hall–Kier alpha value is -1.18. The zero-order chi connectivity index (χ0) is 11.1. The van der Waals surface area contributed by atoms with Crippen molar-refractivity contribution in [2.45, 2.75) is 39.0 Å². The number of hydrogen-bond acceptors (Lipinski definition) is 2. The molecule has 0 aliphatic heterocycles. The number of fused-ring (bicyclic) bond motifs is 1. The molecule has 0 radical (unpaired) electrons. The number of Topliss-reactive ketones (excluding diaryl/α,β-unsaturated/α-hetero) is 2. The summed E-state index contributed by atoms with van der Waals surface area (Å²) < 4.78 is 0. The highest BCUT2D eigenvalue weighted by Gasteiger charge is 2.46. The van der Waals surface area contributed by atoms with Gasteiger partial charge in [0.15, 0.2) is 5.78 Å². The molecule has 0 amide bonds. The Kier molecular flexibility index (Phi) is 2.37. The van der Waals surface area contributed by atoms with Crippen LogP contribution in [0.5, 0.6) is 0 Å². The predicted molar refractivity (Wildman–Crippen MR) is 58.4 cm³/mol. The number of hydrogen-bond donors (Lipinski definition) is 0. The van der Waals surface area contributed by atoms with Gasteiger partial charge in [-0.15, -0.1) is 6.58 Å². The number of carbonyl (C=O) groups excluding carboxylic acids is 2.